The standard InChI is InChI=1S/C11H19FN2O3/c1-10(2,3)14(9(16)17)11(4-5-11)8(15)13-7-6-12/h4-7H2,1-3H3,(H,13,15)(H,16,17). The Balaban J connectivity index is 2.87. The van der Waals surface area contributed by atoms with Crippen LogP contribution in [0.2, 0.25) is 0 Å². The average molecular weight is 246 g/mol. The highest BCUT2D eigenvalue weighted by atomic mass is 19.1. The molecule has 2 N–H and O–H groups in total. The first-order chi connectivity index (χ1) is 7.75. The molecule has 0 spiro atoms. The predicted molar refractivity (Wildman–Crippen MR) is 60.6 cm³/mol. The van der Waals surface area contributed by atoms with Crippen molar-refractivity contribution >= 4 is 12.0 Å². The third-order valence-corrected chi connectivity index (χ3v) is 2.82. The van der Waals surface area contributed by atoms with Gasteiger partial charge in [0.25, 0.3) is 0 Å². The summed E-state index contributed by atoms with van der Waals surface area (Å²) in [5.41, 5.74) is -1.66. The SMILES string of the molecule is CC(C)(C)N(C(=O)O)C1(C(=O)NCCF)CC1. The van der Waals surface area contributed by atoms with Crippen molar-refractivity contribution in [3.8, 4) is 0 Å². The Bertz CT molecular complexity index is 321. The molecule has 0 unspecified atom stereocenters. The number of nitrogens with one attached hydrogen (secondary N) is 1. The summed E-state index contributed by atoms with van der Waals surface area (Å²) in [6.07, 6.45) is -0.131. The van der Waals surface area contributed by atoms with Gasteiger partial charge in [-0.1, -0.05) is 0 Å². The number of carbonyl (C=O) groups excluding carboxylic acids is 1. The zero-order valence-corrected chi connectivity index (χ0v) is 10.4. The highest BCUT2D eigenvalue weighted by molar-refractivity contribution is 5.92. The predicted octanol–water partition coefficient (Wildman–Crippen LogP) is 1.38. The fourth-order valence-corrected chi connectivity index (χ4v) is 2.11. The first-order valence-corrected chi connectivity index (χ1v) is 5.63. The van der Waals surface area contributed by atoms with Crippen molar-refractivity contribution in [2.45, 2.75) is 44.7 Å². The maximum Gasteiger partial charge on any atom is 0.408 e. The minimum Gasteiger partial charge on any atom is -0.465 e. The number of hydrogen-bond donors (Lipinski definition) is 2. The second kappa shape index (κ2) is 4.50. The summed E-state index contributed by atoms with van der Waals surface area (Å²) in [7, 11) is 0. The molecule has 1 saturated carbocycles. The van der Waals surface area contributed by atoms with Crippen LogP contribution in [-0.2, 0) is 4.79 Å². The molecule has 17 heavy (non-hydrogen) atoms. The number of carbonyl (C=O) groups is 2. The Morgan fingerprint density at radius 1 is 1.41 bits per heavy atom. The monoisotopic (exact) mass is 246 g/mol. The van der Waals surface area contributed by atoms with Crippen LogP contribution in [0.3, 0.4) is 0 Å². The van der Waals surface area contributed by atoms with Gasteiger partial charge in [0.1, 0.15) is 12.2 Å². The molecular weight excluding hydrogens is 227 g/mol. The molecule has 0 aromatic carbocycles. The Morgan fingerprint density at radius 2 is 1.94 bits per heavy atom. The van der Waals surface area contributed by atoms with Crippen molar-refractivity contribution in [1.82, 2.24) is 10.2 Å². The summed E-state index contributed by atoms with van der Waals surface area (Å²) in [6.45, 7) is 4.50. The van der Waals surface area contributed by atoms with Gasteiger partial charge in [0.2, 0.25) is 5.91 Å². The molecule has 98 valence electrons. The Morgan fingerprint density at radius 3 is 2.24 bits per heavy atom. The van der Waals surface area contributed by atoms with Crippen LogP contribution in [0.15, 0.2) is 0 Å². The summed E-state index contributed by atoms with van der Waals surface area (Å²) in [5.74, 6) is -0.396. The molecule has 0 aliphatic heterocycles. The quantitative estimate of drug-likeness (QED) is 0.787. The summed E-state index contributed by atoms with van der Waals surface area (Å²) in [5, 5.41) is 11.7. The van der Waals surface area contributed by atoms with E-state index < -0.39 is 29.8 Å². The van der Waals surface area contributed by atoms with Crippen LogP contribution in [0.5, 0.6) is 0 Å². The lowest BCUT2D eigenvalue weighted by molar-refractivity contribution is -0.129. The number of amides is 2. The van der Waals surface area contributed by atoms with E-state index in [0.29, 0.717) is 12.8 Å². The molecular formula is C11H19FN2O3. The summed E-state index contributed by atoms with van der Waals surface area (Å²) < 4.78 is 12.0. The largest absolute Gasteiger partial charge is 0.465 e. The van der Waals surface area contributed by atoms with Gasteiger partial charge in [-0.3, -0.25) is 9.69 Å². The molecule has 0 saturated heterocycles. The molecule has 5 nitrogen and oxygen atoms in total. The van der Waals surface area contributed by atoms with Crippen LogP contribution < -0.4 is 5.32 Å². The zero-order valence-electron chi connectivity index (χ0n) is 10.4. The first kappa shape index (κ1) is 13.7. The number of carboxylic acid groups (broad SMARTS) is 1. The number of hydrogen-bond acceptors (Lipinski definition) is 2. The zero-order chi connectivity index (χ0) is 13.3. The number of alkyl halides is 1. The third kappa shape index (κ3) is 2.68. The Kier molecular flexibility index (Phi) is 3.64. The number of nitrogens with zero attached hydrogens (tertiary/aromatic N) is 1. The minimum absolute atomic E-state index is 0.0712. The summed E-state index contributed by atoms with van der Waals surface area (Å²) in [6, 6.07) is 0. The Hall–Kier alpha value is -1.33. The molecule has 0 aromatic heterocycles. The van der Waals surface area contributed by atoms with Gasteiger partial charge < -0.3 is 10.4 Å². The van der Waals surface area contributed by atoms with Crippen LogP contribution in [0, 0.1) is 0 Å². The van der Waals surface area contributed by atoms with E-state index in [0.717, 1.165) is 0 Å². The van der Waals surface area contributed by atoms with Crippen LogP contribution >= 0.6 is 0 Å². The van der Waals surface area contributed by atoms with Crippen molar-refractivity contribution in [2.24, 2.45) is 0 Å². The smallest absolute Gasteiger partial charge is 0.408 e. The lowest BCUT2D eigenvalue weighted by Gasteiger charge is -2.39. The second-order valence-corrected chi connectivity index (χ2v) is 5.27. The van der Waals surface area contributed by atoms with Crippen LogP contribution in [0.1, 0.15) is 33.6 Å². The number of rotatable bonds is 4. The Labute approximate surface area is 100.0 Å². The molecule has 0 bridgehead atoms. The maximum absolute atomic E-state index is 12.0. The van der Waals surface area contributed by atoms with E-state index in [1.165, 1.54) is 4.90 Å². The molecule has 0 atom stereocenters. The lowest BCUT2D eigenvalue weighted by atomic mass is 10.0. The van der Waals surface area contributed by atoms with Gasteiger partial charge in [-0.2, -0.15) is 0 Å². The first-order valence-electron chi connectivity index (χ1n) is 5.63. The normalized spacial score (nSPS) is 17.4. The molecule has 1 aliphatic carbocycles. The molecule has 1 rings (SSSR count). The van der Waals surface area contributed by atoms with E-state index >= 15 is 0 Å². The van der Waals surface area contributed by atoms with E-state index in [2.05, 4.69) is 5.32 Å². The summed E-state index contributed by atoms with van der Waals surface area (Å²) in [4.78, 5) is 24.4. The van der Waals surface area contributed by atoms with Gasteiger partial charge in [0.15, 0.2) is 0 Å². The van der Waals surface area contributed by atoms with Gasteiger partial charge in [0, 0.05) is 12.1 Å². The van der Waals surface area contributed by atoms with Gasteiger partial charge in [-0.15, -0.1) is 0 Å². The van der Waals surface area contributed by atoms with Crippen LogP contribution in [-0.4, -0.2) is 46.3 Å². The molecule has 1 fully saturated rings. The third-order valence-electron chi connectivity index (χ3n) is 2.82. The molecule has 0 aromatic rings. The summed E-state index contributed by atoms with van der Waals surface area (Å²) >= 11 is 0. The maximum atomic E-state index is 12.0. The van der Waals surface area contributed by atoms with Crippen molar-refractivity contribution in [3.05, 3.63) is 0 Å². The van der Waals surface area contributed by atoms with Crippen molar-refractivity contribution in [1.29, 1.82) is 0 Å². The van der Waals surface area contributed by atoms with Crippen molar-refractivity contribution in [3.63, 3.8) is 0 Å². The van der Waals surface area contributed by atoms with Crippen LogP contribution in [0.25, 0.3) is 0 Å². The van der Waals surface area contributed by atoms with Gasteiger partial charge >= 0.3 is 6.09 Å². The second-order valence-electron chi connectivity index (χ2n) is 5.27. The molecule has 0 radical (unpaired) electrons. The van der Waals surface area contributed by atoms with E-state index in [4.69, 9.17) is 0 Å². The van der Waals surface area contributed by atoms with Gasteiger partial charge in [0.05, 0.1) is 0 Å². The van der Waals surface area contributed by atoms with Crippen LogP contribution in [0.4, 0.5) is 9.18 Å². The van der Waals surface area contributed by atoms with Gasteiger partial charge in [-0.05, 0) is 33.6 Å². The fraction of sp³-hybridized carbons (Fsp3) is 0.818. The lowest BCUT2D eigenvalue weighted by Crippen LogP contribution is -2.58. The minimum atomic E-state index is -1.12. The van der Waals surface area contributed by atoms with Crippen molar-refractivity contribution in [2.75, 3.05) is 13.2 Å². The van der Waals surface area contributed by atoms with E-state index in [1.807, 2.05) is 0 Å². The molecule has 0 heterocycles. The topological polar surface area (TPSA) is 69.6 Å². The van der Waals surface area contributed by atoms with E-state index in [1.54, 1.807) is 20.8 Å². The molecule has 6 heteroatoms. The van der Waals surface area contributed by atoms with Gasteiger partial charge in [-0.25, -0.2) is 9.18 Å². The van der Waals surface area contributed by atoms with E-state index in [9.17, 15) is 19.1 Å². The van der Waals surface area contributed by atoms with Crippen molar-refractivity contribution < 1.29 is 19.1 Å². The average Bonchev–Trinajstić information content (AvgIpc) is 2.92. The number of halogens is 1. The molecule has 1 aliphatic rings. The highest BCUT2D eigenvalue weighted by Crippen LogP contribution is 2.45. The highest BCUT2D eigenvalue weighted by Gasteiger charge is 2.59. The fourth-order valence-electron chi connectivity index (χ4n) is 2.11. The van der Waals surface area contributed by atoms with E-state index in [-0.39, 0.29) is 6.54 Å². The molecule has 2 amide bonds.